The third-order valence-electron chi connectivity index (χ3n) is 6.33. The van der Waals surface area contributed by atoms with Gasteiger partial charge in [0.05, 0.1) is 11.0 Å². The lowest BCUT2D eigenvalue weighted by Crippen LogP contribution is -2.46. The molecule has 1 fully saturated rings. The molecular weight excluding hydrogens is 454 g/mol. The zero-order valence-electron chi connectivity index (χ0n) is 20.3. The monoisotopic (exact) mass is 481 g/mol. The first-order valence-electron chi connectivity index (χ1n) is 12.0. The molecule has 1 aromatic carbocycles. The number of nitrogens with one attached hydrogen (secondary N) is 2. The first-order valence-corrected chi connectivity index (χ1v) is 12.0. The SMILES string of the molecule is Cc1ccnc(N2CCN(Cc3ccnc(Nc4nc5ccc(-c6nc(C)no6)cc5[nH]4)c3)CC2)c1. The summed E-state index contributed by atoms with van der Waals surface area (Å²) >= 11 is 0. The molecule has 0 amide bonds. The molecule has 0 spiro atoms. The summed E-state index contributed by atoms with van der Waals surface area (Å²) in [6.07, 6.45) is 3.72. The smallest absolute Gasteiger partial charge is 0.257 e. The molecule has 0 aliphatic carbocycles. The highest BCUT2D eigenvalue weighted by Gasteiger charge is 2.18. The second-order valence-electron chi connectivity index (χ2n) is 9.09. The predicted octanol–water partition coefficient (Wildman–Crippen LogP) is 4.09. The standard InChI is InChI=1S/C26H27N9O/c1-17-5-7-28-24(13-17)35-11-9-34(10-12-35)16-19-6-8-27-23(14-19)32-26-30-21-4-3-20(15-22(21)31-26)25-29-18(2)33-36-25/h3-8,13-15H,9-12,16H2,1-2H3,(H2,27,30,31,32). The molecule has 0 unspecified atom stereocenters. The topological polar surface area (TPSA) is 112 Å². The number of imidazole rings is 1. The van der Waals surface area contributed by atoms with Gasteiger partial charge in [-0.25, -0.2) is 15.0 Å². The van der Waals surface area contributed by atoms with Crippen LogP contribution in [0.1, 0.15) is 17.0 Å². The van der Waals surface area contributed by atoms with Crippen LogP contribution in [0.3, 0.4) is 0 Å². The number of anilines is 3. The summed E-state index contributed by atoms with van der Waals surface area (Å²) in [6.45, 7) is 8.70. The molecule has 10 nitrogen and oxygen atoms in total. The van der Waals surface area contributed by atoms with Gasteiger partial charge in [-0.05, 0) is 67.4 Å². The fourth-order valence-electron chi connectivity index (χ4n) is 4.46. The molecule has 5 aromatic rings. The molecule has 182 valence electrons. The number of pyridine rings is 2. The summed E-state index contributed by atoms with van der Waals surface area (Å²) in [5, 5.41) is 7.17. The van der Waals surface area contributed by atoms with E-state index in [2.05, 4.69) is 70.3 Å². The minimum atomic E-state index is 0.490. The second kappa shape index (κ2) is 9.38. The largest absolute Gasteiger partial charge is 0.354 e. The number of benzene rings is 1. The summed E-state index contributed by atoms with van der Waals surface area (Å²) in [4.78, 5) is 26.1. The Labute approximate surface area is 208 Å². The van der Waals surface area contributed by atoms with Crippen LogP contribution in [0.15, 0.2) is 59.4 Å². The molecule has 0 radical (unpaired) electrons. The Balaban J connectivity index is 1.10. The molecule has 1 aliphatic heterocycles. The number of nitrogens with zero attached hydrogens (tertiary/aromatic N) is 7. The quantitative estimate of drug-likeness (QED) is 0.370. The summed E-state index contributed by atoms with van der Waals surface area (Å²) in [6, 6.07) is 14.1. The molecule has 2 N–H and O–H groups in total. The maximum Gasteiger partial charge on any atom is 0.257 e. The number of hydrogen-bond donors (Lipinski definition) is 2. The second-order valence-corrected chi connectivity index (χ2v) is 9.09. The van der Waals surface area contributed by atoms with Crippen molar-refractivity contribution in [2.24, 2.45) is 0 Å². The van der Waals surface area contributed by atoms with Gasteiger partial charge in [0.2, 0.25) is 5.95 Å². The zero-order valence-corrected chi connectivity index (χ0v) is 20.3. The molecule has 36 heavy (non-hydrogen) atoms. The van der Waals surface area contributed by atoms with E-state index in [0.29, 0.717) is 17.7 Å². The van der Waals surface area contributed by atoms with Crippen LogP contribution >= 0.6 is 0 Å². The lowest BCUT2D eigenvalue weighted by Gasteiger charge is -2.35. The van der Waals surface area contributed by atoms with Crippen molar-refractivity contribution < 1.29 is 4.52 Å². The lowest BCUT2D eigenvalue weighted by molar-refractivity contribution is 0.249. The van der Waals surface area contributed by atoms with Gasteiger partial charge in [0, 0.05) is 50.7 Å². The van der Waals surface area contributed by atoms with Crippen molar-refractivity contribution in [2.75, 3.05) is 36.4 Å². The van der Waals surface area contributed by atoms with Gasteiger partial charge in [0.25, 0.3) is 5.89 Å². The molecule has 1 saturated heterocycles. The van der Waals surface area contributed by atoms with Crippen molar-refractivity contribution in [1.82, 2.24) is 35.0 Å². The fourth-order valence-corrected chi connectivity index (χ4v) is 4.46. The van der Waals surface area contributed by atoms with E-state index in [1.807, 2.05) is 36.7 Å². The van der Waals surface area contributed by atoms with E-state index in [1.54, 1.807) is 6.92 Å². The minimum absolute atomic E-state index is 0.490. The average molecular weight is 482 g/mol. The van der Waals surface area contributed by atoms with Gasteiger partial charge in [0.15, 0.2) is 5.82 Å². The molecule has 5 heterocycles. The van der Waals surface area contributed by atoms with Crippen molar-refractivity contribution >= 4 is 28.6 Å². The number of piperazine rings is 1. The highest BCUT2D eigenvalue weighted by molar-refractivity contribution is 5.82. The van der Waals surface area contributed by atoms with Crippen LogP contribution in [0.2, 0.25) is 0 Å². The van der Waals surface area contributed by atoms with Gasteiger partial charge < -0.3 is 19.7 Å². The highest BCUT2D eigenvalue weighted by Crippen LogP contribution is 2.24. The number of aromatic nitrogens is 6. The average Bonchev–Trinajstić information content (AvgIpc) is 3.49. The van der Waals surface area contributed by atoms with E-state index in [-0.39, 0.29) is 0 Å². The van der Waals surface area contributed by atoms with Crippen LogP contribution in [0.25, 0.3) is 22.5 Å². The van der Waals surface area contributed by atoms with Crippen LogP contribution in [-0.4, -0.2) is 61.2 Å². The van der Waals surface area contributed by atoms with Crippen molar-refractivity contribution in [3.63, 3.8) is 0 Å². The van der Waals surface area contributed by atoms with Gasteiger partial charge in [-0.1, -0.05) is 5.16 Å². The van der Waals surface area contributed by atoms with Crippen molar-refractivity contribution in [3.8, 4) is 11.5 Å². The first kappa shape index (κ1) is 22.2. The molecule has 0 saturated carbocycles. The van der Waals surface area contributed by atoms with Gasteiger partial charge in [-0.15, -0.1) is 0 Å². The van der Waals surface area contributed by atoms with E-state index >= 15 is 0 Å². The van der Waals surface area contributed by atoms with Crippen LogP contribution < -0.4 is 10.2 Å². The van der Waals surface area contributed by atoms with Crippen LogP contribution in [0.4, 0.5) is 17.6 Å². The summed E-state index contributed by atoms with van der Waals surface area (Å²) in [7, 11) is 0. The van der Waals surface area contributed by atoms with Gasteiger partial charge >= 0.3 is 0 Å². The van der Waals surface area contributed by atoms with E-state index in [1.165, 1.54) is 11.1 Å². The fraction of sp³-hybridized carbons (Fsp3) is 0.269. The summed E-state index contributed by atoms with van der Waals surface area (Å²) < 4.78 is 5.28. The predicted molar refractivity (Wildman–Crippen MR) is 138 cm³/mol. The van der Waals surface area contributed by atoms with Gasteiger partial charge in [0.1, 0.15) is 11.6 Å². The molecule has 10 heteroatoms. The number of aryl methyl sites for hydroxylation is 2. The molecule has 6 rings (SSSR count). The number of rotatable bonds is 6. The Morgan fingerprint density at radius 3 is 2.61 bits per heavy atom. The van der Waals surface area contributed by atoms with Crippen molar-refractivity contribution in [3.05, 3.63) is 71.8 Å². The number of H-pyrrole nitrogens is 1. The Morgan fingerprint density at radius 1 is 0.944 bits per heavy atom. The Morgan fingerprint density at radius 2 is 1.81 bits per heavy atom. The van der Waals surface area contributed by atoms with Gasteiger partial charge in [-0.3, -0.25) is 4.90 Å². The number of fused-ring (bicyclic) bond motifs is 1. The zero-order chi connectivity index (χ0) is 24.5. The van der Waals surface area contributed by atoms with E-state index in [0.717, 1.165) is 61.0 Å². The summed E-state index contributed by atoms with van der Waals surface area (Å²) in [5.41, 5.74) is 5.01. The maximum atomic E-state index is 5.28. The molecule has 0 atom stereocenters. The molecule has 0 bridgehead atoms. The molecule has 1 aliphatic rings. The third kappa shape index (κ3) is 4.76. The Kier molecular flexibility index (Phi) is 5.78. The maximum absolute atomic E-state index is 5.28. The van der Waals surface area contributed by atoms with E-state index in [4.69, 9.17) is 4.52 Å². The normalized spacial score (nSPS) is 14.4. The van der Waals surface area contributed by atoms with Crippen LogP contribution in [0.5, 0.6) is 0 Å². The minimum Gasteiger partial charge on any atom is -0.354 e. The van der Waals surface area contributed by atoms with Crippen molar-refractivity contribution in [1.29, 1.82) is 0 Å². The van der Waals surface area contributed by atoms with Crippen molar-refractivity contribution in [2.45, 2.75) is 20.4 Å². The van der Waals surface area contributed by atoms with E-state index in [9.17, 15) is 0 Å². The van der Waals surface area contributed by atoms with Crippen LogP contribution in [-0.2, 0) is 6.54 Å². The molecule has 4 aromatic heterocycles. The lowest BCUT2D eigenvalue weighted by atomic mass is 10.2. The number of hydrogen-bond acceptors (Lipinski definition) is 9. The van der Waals surface area contributed by atoms with E-state index < -0.39 is 0 Å². The highest BCUT2D eigenvalue weighted by atomic mass is 16.5. The van der Waals surface area contributed by atoms with Gasteiger partial charge in [-0.2, -0.15) is 4.98 Å². The molecular formula is C26H27N9O. The summed E-state index contributed by atoms with van der Waals surface area (Å²) in [5.74, 6) is 3.54. The third-order valence-corrected chi connectivity index (χ3v) is 6.33. The van der Waals surface area contributed by atoms with Crippen LogP contribution in [0, 0.1) is 13.8 Å². The Bertz CT molecular complexity index is 1500. The first-order chi connectivity index (χ1) is 17.6. The Hall–Kier alpha value is -4.31. The number of aromatic amines is 1.